The number of hydrogen-bond acceptors (Lipinski definition) is 3. The lowest BCUT2D eigenvalue weighted by Crippen LogP contribution is -2.51. The summed E-state index contributed by atoms with van der Waals surface area (Å²) in [5, 5.41) is 5.53. The summed E-state index contributed by atoms with van der Waals surface area (Å²) in [5.74, 6) is -0.539. The minimum absolute atomic E-state index is 0.0561. The third-order valence-corrected chi connectivity index (χ3v) is 2.70. The predicted octanol–water partition coefficient (Wildman–Crippen LogP) is 0.309. The van der Waals surface area contributed by atoms with Gasteiger partial charge in [-0.25, -0.2) is 0 Å². The topological polar surface area (TPSA) is 84.2 Å². The maximum Gasteiger partial charge on any atom is 0.242 e. The molecule has 3 atom stereocenters. The van der Waals surface area contributed by atoms with Crippen molar-refractivity contribution in [3.05, 3.63) is 12.2 Å². The van der Waals surface area contributed by atoms with Gasteiger partial charge in [-0.3, -0.25) is 9.59 Å². The van der Waals surface area contributed by atoms with Crippen molar-refractivity contribution in [2.45, 2.75) is 51.7 Å². The van der Waals surface area contributed by atoms with Gasteiger partial charge in [-0.1, -0.05) is 12.2 Å². The first-order valence-corrected chi connectivity index (χ1v) is 6.25. The average Bonchev–Trinajstić information content (AvgIpc) is 2.62. The van der Waals surface area contributed by atoms with Crippen molar-refractivity contribution in [3.8, 4) is 0 Å². The fourth-order valence-corrected chi connectivity index (χ4v) is 1.79. The molecule has 102 valence electrons. The van der Waals surface area contributed by atoms with E-state index in [1.54, 1.807) is 13.0 Å². The summed E-state index contributed by atoms with van der Waals surface area (Å²) in [7, 11) is 0. The molecule has 0 aromatic heterocycles. The summed E-state index contributed by atoms with van der Waals surface area (Å²) < 4.78 is 0. The summed E-state index contributed by atoms with van der Waals surface area (Å²) >= 11 is 0. The van der Waals surface area contributed by atoms with Gasteiger partial charge in [0.2, 0.25) is 11.8 Å². The zero-order valence-electron chi connectivity index (χ0n) is 11.5. The van der Waals surface area contributed by atoms with Crippen molar-refractivity contribution in [1.82, 2.24) is 10.6 Å². The maximum atomic E-state index is 11.9. The quantitative estimate of drug-likeness (QED) is 0.633. The van der Waals surface area contributed by atoms with E-state index in [0.29, 0.717) is 6.42 Å². The van der Waals surface area contributed by atoms with E-state index in [1.165, 1.54) is 0 Å². The molecule has 0 fully saturated rings. The minimum atomic E-state index is -0.540. The lowest BCUT2D eigenvalue weighted by molar-refractivity contribution is -0.130. The van der Waals surface area contributed by atoms with E-state index < -0.39 is 6.04 Å². The van der Waals surface area contributed by atoms with Crippen molar-refractivity contribution >= 4 is 11.8 Å². The van der Waals surface area contributed by atoms with Crippen LogP contribution in [-0.2, 0) is 9.59 Å². The second-order valence-electron chi connectivity index (χ2n) is 5.86. The van der Waals surface area contributed by atoms with Crippen molar-refractivity contribution in [1.29, 1.82) is 0 Å². The summed E-state index contributed by atoms with van der Waals surface area (Å²) in [5.41, 5.74) is 5.39. The number of nitrogens with two attached hydrogens (primary N) is 1. The Morgan fingerprint density at radius 2 is 1.94 bits per heavy atom. The minimum Gasteiger partial charge on any atom is -0.350 e. The second kappa shape index (κ2) is 5.52. The molecule has 4 N–H and O–H groups in total. The monoisotopic (exact) mass is 253 g/mol. The van der Waals surface area contributed by atoms with Crippen LogP contribution >= 0.6 is 0 Å². The molecule has 1 rings (SSSR count). The lowest BCUT2D eigenvalue weighted by Gasteiger charge is -2.24. The van der Waals surface area contributed by atoms with Crippen LogP contribution in [0.25, 0.3) is 0 Å². The molecule has 0 aromatic carbocycles. The first kappa shape index (κ1) is 14.7. The zero-order valence-corrected chi connectivity index (χ0v) is 11.5. The Morgan fingerprint density at radius 1 is 1.33 bits per heavy atom. The molecule has 5 nitrogen and oxygen atoms in total. The van der Waals surface area contributed by atoms with Gasteiger partial charge in [-0.15, -0.1) is 0 Å². The molecular formula is C13H23N3O2. The van der Waals surface area contributed by atoms with Crippen molar-refractivity contribution in [3.63, 3.8) is 0 Å². The molecule has 1 aliphatic carbocycles. The molecule has 5 heteroatoms. The number of amides is 2. The van der Waals surface area contributed by atoms with E-state index in [-0.39, 0.29) is 29.3 Å². The third-order valence-electron chi connectivity index (χ3n) is 2.70. The van der Waals surface area contributed by atoms with Gasteiger partial charge in [0.25, 0.3) is 0 Å². The molecule has 3 unspecified atom stereocenters. The molecule has 0 saturated carbocycles. The van der Waals surface area contributed by atoms with Crippen LogP contribution < -0.4 is 16.4 Å². The van der Waals surface area contributed by atoms with Crippen LogP contribution in [0.4, 0.5) is 0 Å². The molecule has 18 heavy (non-hydrogen) atoms. The SMILES string of the molecule is CC(NC(=O)C1C=CC(N)C1)C(=O)NC(C)(C)C. The molecule has 2 amide bonds. The van der Waals surface area contributed by atoms with Gasteiger partial charge in [0.15, 0.2) is 0 Å². The van der Waals surface area contributed by atoms with E-state index in [2.05, 4.69) is 10.6 Å². The Labute approximate surface area is 108 Å². The summed E-state index contributed by atoms with van der Waals surface area (Å²) in [4.78, 5) is 23.7. The first-order chi connectivity index (χ1) is 8.19. The Bertz CT molecular complexity index is 358. The number of nitrogens with one attached hydrogen (secondary N) is 2. The molecule has 0 saturated heterocycles. The van der Waals surface area contributed by atoms with Crippen LogP contribution in [-0.4, -0.2) is 29.4 Å². The van der Waals surface area contributed by atoms with E-state index in [4.69, 9.17) is 5.73 Å². The highest BCUT2D eigenvalue weighted by atomic mass is 16.2. The number of carbonyl (C=O) groups excluding carboxylic acids is 2. The Hall–Kier alpha value is -1.36. The third kappa shape index (κ3) is 4.49. The van der Waals surface area contributed by atoms with E-state index in [9.17, 15) is 9.59 Å². The molecule has 0 radical (unpaired) electrons. The molecule has 0 spiro atoms. The van der Waals surface area contributed by atoms with Gasteiger partial charge in [0.05, 0.1) is 5.92 Å². The first-order valence-electron chi connectivity index (χ1n) is 6.25. The number of carbonyl (C=O) groups is 2. The predicted molar refractivity (Wildman–Crippen MR) is 70.7 cm³/mol. The smallest absolute Gasteiger partial charge is 0.242 e. The van der Waals surface area contributed by atoms with Gasteiger partial charge in [-0.2, -0.15) is 0 Å². The Balaban J connectivity index is 2.45. The fourth-order valence-electron chi connectivity index (χ4n) is 1.79. The van der Waals surface area contributed by atoms with Crippen LogP contribution in [0, 0.1) is 5.92 Å². The average molecular weight is 253 g/mol. The van der Waals surface area contributed by atoms with E-state index >= 15 is 0 Å². The highest BCUT2D eigenvalue weighted by Gasteiger charge is 2.26. The normalized spacial score (nSPS) is 24.7. The van der Waals surface area contributed by atoms with Crippen molar-refractivity contribution in [2.24, 2.45) is 11.7 Å². The summed E-state index contributed by atoms with van der Waals surface area (Å²) in [6.45, 7) is 7.38. The molecule has 0 bridgehead atoms. The van der Waals surface area contributed by atoms with E-state index in [1.807, 2.05) is 26.8 Å². The van der Waals surface area contributed by atoms with Gasteiger partial charge in [0.1, 0.15) is 6.04 Å². The Kier molecular flexibility index (Phi) is 4.51. The van der Waals surface area contributed by atoms with Gasteiger partial charge in [0, 0.05) is 11.6 Å². The standard InChI is InChI=1S/C13H23N3O2/c1-8(11(17)16-13(2,3)4)15-12(18)9-5-6-10(14)7-9/h5-6,8-10H,7,14H2,1-4H3,(H,15,18)(H,16,17). The van der Waals surface area contributed by atoms with Gasteiger partial charge < -0.3 is 16.4 Å². The second-order valence-corrected chi connectivity index (χ2v) is 5.86. The summed E-state index contributed by atoms with van der Waals surface area (Å²) in [6, 6.07) is -0.596. The molecule has 0 heterocycles. The Morgan fingerprint density at radius 3 is 2.39 bits per heavy atom. The number of hydrogen-bond donors (Lipinski definition) is 3. The van der Waals surface area contributed by atoms with Crippen LogP contribution in [0.3, 0.4) is 0 Å². The van der Waals surface area contributed by atoms with Crippen molar-refractivity contribution in [2.75, 3.05) is 0 Å². The van der Waals surface area contributed by atoms with Gasteiger partial charge >= 0.3 is 0 Å². The molecule has 1 aliphatic rings. The van der Waals surface area contributed by atoms with Crippen LogP contribution in [0.1, 0.15) is 34.1 Å². The highest BCUT2D eigenvalue weighted by molar-refractivity contribution is 5.89. The fraction of sp³-hybridized carbons (Fsp3) is 0.692. The molecular weight excluding hydrogens is 230 g/mol. The van der Waals surface area contributed by atoms with Crippen molar-refractivity contribution < 1.29 is 9.59 Å². The van der Waals surface area contributed by atoms with Crippen LogP contribution in [0.5, 0.6) is 0 Å². The van der Waals surface area contributed by atoms with Crippen LogP contribution in [0.15, 0.2) is 12.2 Å². The van der Waals surface area contributed by atoms with Crippen LogP contribution in [0.2, 0.25) is 0 Å². The largest absolute Gasteiger partial charge is 0.350 e. The number of rotatable bonds is 3. The van der Waals surface area contributed by atoms with E-state index in [0.717, 1.165) is 0 Å². The summed E-state index contributed by atoms with van der Waals surface area (Å²) in [6.07, 6.45) is 4.23. The zero-order chi connectivity index (χ0) is 13.9. The highest BCUT2D eigenvalue weighted by Crippen LogP contribution is 2.16. The maximum absolute atomic E-state index is 11.9. The lowest BCUT2D eigenvalue weighted by atomic mass is 10.1. The van der Waals surface area contributed by atoms with Gasteiger partial charge in [-0.05, 0) is 34.1 Å². The molecule has 0 aliphatic heterocycles. The molecule has 0 aromatic rings.